The van der Waals surface area contributed by atoms with Crippen molar-refractivity contribution < 1.29 is 17.7 Å². The monoisotopic (exact) mass is 482 g/mol. The van der Waals surface area contributed by atoms with Crippen molar-refractivity contribution in [3.63, 3.8) is 0 Å². The van der Waals surface area contributed by atoms with Crippen molar-refractivity contribution >= 4 is 15.7 Å². The quantitative estimate of drug-likeness (QED) is 0.511. The van der Waals surface area contributed by atoms with E-state index in [4.69, 9.17) is 9.26 Å². The van der Waals surface area contributed by atoms with Gasteiger partial charge in [-0.25, -0.2) is 13.4 Å². The lowest BCUT2D eigenvalue weighted by atomic mass is 9.96. The summed E-state index contributed by atoms with van der Waals surface area (Å²) >= 11 is 0. The zero-order valence-corrected chi connectivity index (χ0v) is 20.3. The molecule has 34 heavy (non-hydrogen) atoms. The van der Waals surface area contributed by atoms with Crippen LogP contribution in [-0.2, 0) is 9.84 Å². The van der Waals surface area contributed by atoms with Gasteiger partial charge in [0.05, 0.1) is 4.90 Å². The second kappa shape index (κ2) is 9.38. The summed E-state index contributed by atoms with van der Waals surface area (Å²) in [5.41, 5.74) is 0.233. The first-order valence-corrected chi connectivity index (χ1v) is 12.9. The van der Waals surface area contributed by atoms with Crippen LogP contribution in [0.5, 0.6) is 11.6 Å². The highest BCUT2D eigenvalue weighted by atomic mass is 32.2. The molecular formula is C23H26N6O4S. The lowest BCUT2D eigenvalue weighted by Gasteiger charge is -2.32. The Kier molecular flexibility index (Phi) is 6.52. The average molecular weight is 483 g/mol. The van der Waals surface area contributed by atoms with Gasteiger partial charge in [0.25, 0.3) is 0 Å². The largest absolute Gasteiger partial charge is 0.437 e. The molecule has 0 N–H and O–H groups in total. The van der Waals surface area contributed by atoms with Gasteiger partial charge in [0, 0.05) is 31.2 Å². The predicted octanol–water partition coefficient (Wildman–Crippen LogP) is 3.74. The van der Waals surface area contributed by atoms with Crippen LogP contribution in [0.25, 0.3) is 0 Å². The Morgan fingerprint density at radius 3 is 2.38 bits per heavy atom. The third kappa shape index (κ3) is 5.02. The molecule has 2 aromatic heterocycles. The Morgan fingerprint density at radius 2 is 1.82 bits per heavy atom. The number of ether oxygens (including phenoxy) is 1. The number of benzene rings is 1. The van der Waals surface area contributed by atoms with E-state index in [2.05, 4.69) is 26.2 Å². The molecule has 1 aromatic carbocycles. The SMILES string of the molecule is Cc1nc(Oc2ccc(S(C)(=O)=O)cc2)c(C#N)c(N2CCC(c3nc(C(C)C)no3)CC2)n1. The summed E-state index contributed by atoms with van der Waals surface area (Å²) < 4.78 is 34.7. The van der Waals surface area contributed by atoms with Crippen molar-refractivity contribution in [2.45, 2.75) is 50.3 Å². The summed E-state index contributed by atoms with van der Waals surface area (Å²) in [6.07, 6.45) is 2.72. The van der Waals surface area contributed by atoms with E-state index in [0.29, 0.717) is 42.2 Å². The van der Waals surface area contributed by atoms with Gasteiger partial charge in [0.15, 0.2) is 27.0 Å². The van der Waals surface area contributed by atoms with Gasteiger partial charge in [-0.1, -0.05) is 19.0 Å². The van der Waals surface area contributed by atoms with E-state index < -0.39 is 9.84 Å². The van der Waals surface area contributed by atoms with Crippen LogP contribution in [0.3, 0.4) is 0 Å². The molecule has 0 bridgehead atoms. The zero-order valence-electron chi connectivity index (χ0n) is 19.5. The molecule has 1 fully saturated rings. The molecule has 0 spiro atoms. The van der Waals surface area contributed by atoms with Crippen LogP contribution in [0, 0.1) is 18.3 Å². The molecular weight excluding hydrogens is 456 g/mol. The molecule has 1 saturated heterocycles. The lowest BCUT2D eigenvalue weighted by Crippen LogP contribution is -2.34. The molecule has 0 aliphatic carbocycles. The number of aromatic nitrogens is 4. The van der Waals surface area contributed by atoms with Crippen LogP contribution < -0.4 is 9.64 Å². The Morgan fingerprint density at radius 1 is 1.15 bits per heavy atom. The topological polar surface area (TPSA) is 135 Å². The first kappa shape index (κ1) is 23.6. The first-order chi connectivity index (χ1) is 16.2. The fraction of sp³-hybridized carbons (Fsp3) is 0.435. The second-order valence-corrected chi connectivity index (χ2v) is 10.7. The number of piperidine rings is 1. The maximum atomic E-state index is 11.7. The van der Waals surface area contributed by atoms with Crippen molar-refractivity contribution in [1.29, 1.82) is 5.26 Å². The number of hydrogen-bond acceptors (Lipinski definition) is 10. The molecule has 4 rings (SSSR count). The molecule has 3 heterocycles. The Balaban J connectivity index is 1.53. The van der Waals surface area contributed by atoms with E-state index in [1.165, 1.54) is 24.3 Å². The summed E-state index contributed by atoms with van der Waals surface area (Å²) in [5, 5.41) is 13.9. The Hall–Kier alpha value is -3.52. The van der Waals surface area contributed by atoms with Crippen LogP contribution in [0.1, 0.15) is 61.6 Å². The van der Waals surface area contributed by atoms with Gasteiger partial charge in [-0.2, -0.15) is 15.2 Å². The minimum absolute atomic E-state index is 0.137. The number of nitriles is 1. The molecule has 10 nitrogen and oxygen atoms in total. The van der Waals surface area contributed by atoms with Gasteiger partial charge in [-0.15, -0.1) is 0 Å². The molecule has 11 heteroatoms. The minimum atomic E-state index is -3.32. The third-order valence-corrected chi connectivity index (χ3v) is 6.79. The molecule has 1 aliphatic rings. The number of hydrogen-bond donors (Lipinski definition) is 0. The predicted molar refractivity (Wildman–Crippen MR) is 124 cm³/mol. The van der Waals surface area contributed by atoms with Gasteiger partial charge in [-0.05, 0) is 44.0 Å². The van der Waals surface area contributed by atoms with Gasteiger partial charge in [0.1, 0.15) is 17.6 Å². The first-order valence-electron chi connectivity index (χ1n) is 11.0. The highest BCUT2D eigenvalue weighted by Gasteiger charge is 2.29. The number of anilines is 1. The van der Waals surface area contributed by atoms with Crippen LogP contribution in [-0.4, -0.2) is 47.9 Å². The van der Waals surface area contributed by atoms with Crippen molar-refractivity contribution in [3.05, 3.63) is 47.4 Å². The van der Waals surface area contributed by atoms with E-state index in [1.807, 2.05) is 18.7 Å². The van der Waals surface area contributed by atoms with Crippen molar-refractivity contribution in [2.75, 3.05) is 24.2 Å². The molecule has 0 amide bonds. The van der Waals surface area contributed by atoms with Gasteiger partial charge >= 0.3 is 0 Å². The molecule has 178 valence electrons. The van der Waals surface area contributed by atoms with E-state index in [9.17, 15) is 13.7 Å². The zero-order chi connectivity index (χ0) is 24.5. The fourth-order valence-electron chi connectivity index (χ4n) is 3.79. The van der Waals surface area contributed by atoms with Crippen LogP contribution >= 0.6 is 0 Å². The van der Waals surface area contributed by atoms with Crippen LogP contribution in [0.4, 0.5) is 5.82 Å². The summed E-state index contributed by atoms with van der Waals surface area (Å²) in [7, 11) is -3.32. The maximum Gasteiger partial charge on any atom is 0.242 e. The van der Waals surface area contributed by atoms with Crippen LogP contribution in [0.15, 0.2) is 33.7 Å². The summed E-state index contributed by atoms with van der Waals surface area (Å²) in [4.78, 5) is 15.6. The normalized spacial score (nSPS) is 14.9. The highest BCUT2D eigenvalue weighted by Crippen LogP contribution is 2.34. The second-order valence-electron chi connectivity index (χ2n) is 8.64. The molecule has 0 unspecified atom stereocenters. The summed E-state index contributed by atoms with van der Waals surface area (Å²) in [6, 6.07) is 8.16. The lowest BCUT2D eigenvalue weighted by molar-refractivity contribution is 0.325. The summed E-state index contributed by atoms with van der Waals surface area (Å²) in [5.74, 6) is 3.24. The van der Waals surface area contributed by atoms with Crippen molar-refractivity contribution in [2.24, 2.45) is 0 Å². The third-order valence-electron chi connectivity index (χ3n) is 5.66. The molecule has 3 aromatic rings. The average Bonchev–Trinajstić information content (AvgIpc) is 3.29. The summed E-state index contributed by atoms with van der Waals surface area (Å²) in [6.45, 7) is 7.12. The molecule has 0 radical (unpaired) electrons. The van der Waals surface area contributed by atoms with Gasteiger partial charge < -0.3 is 14.2 Å². The smallest absolute Gasteiger partial charge is 0.242 e. The number of nitrogens with zero attached hydrogens (tertiary/aromatic N) is 6. The van der Waals surface area contributed by atoms with Crippen molar-refractivity contribution in [1.82, 2.24) is 20.1 Å². The van der Waals surface area contributed by atoms with Crippen molar-refractivity contribution in [3.8, 4) is 17.7 Å². The van der Waals surface area contributed by atoms with E-state index in [0.717, 1.165) is 19.1 Å². The van der Waals surface area contributed by atoms with Gasteiger partial charge in [0.2, 0.25) is 11.8 Å². The number of rotatable bonds is 6. The fourth-order valence-corrected chi connectivity index (χ4v) is 4.42. The van der Waals surface area contributed by atoms with E-state index in [-0.39, 0.29) is 28.2 Å². The van der Waals surface area contributed by atoms with E-state index in [1.54, 1.807) is 6.92 Å². The molecule has 0 atom stereocenters. The highest BCUT2D eigenvalue weighted by molar-refractivity contribution is 7.90. The van der Waals surface area contributed by atoms with Gasteiger partial charge in [-0.3, -0.25) is 0 Å². The Bertz CT molecular complexity index is 1320. The Labute approximate surface area is 198 Å². The van der Waals surface area contributed by atoms with E-state index >= 15 is 0 Å². The standard InChI is InChI=1S/C23H26N6O4S/c1-14(2)20-27-22(33-28-20)16-9-11-29(12-10-16)21-19(13-24)23(26-15(3)25-21)32-17-5-7-18(8-6-17)34(4,30)31/h5-8,14,16H,9-12H2,1-4H3. The number of aryl methyl sites for hydroxylation is 1. The van der Waals surface area contributed by atoms with Crippen LogP contribution in [0.2, 0.25) is 0 Å². The minimum Gasteiger partial charge on any atom is -0.437 e. The molecule has 1 aliphatic heterocycles. The maximum absolute atomic E-state index is 11.7. The number of sulfone groups is 1. The molecule has 0 saturated carbocycles.